The van der Waals surface area contributed by atoms with Crippen LogP contribution in [0.5, 0.6) is 11.5 Å². The van der Waals surface area contributed by atoms with E-state index in [0.29, 0.717) is 35.1 Å². The van der Waals surface area contributed by atoms with E-state index in [1.807, 2.05) is 37.3 Å². The van der Waals surface area contributed by atoms with E-state index < -0.39 is 12.4 Å². The molecule has 3 aromatic carbocycles. The van der Waals surface area contributed by atoms with Crippen LogP contribution < -0.4 is 19.7 Å². The third-order valence-corrected chi connectivity index (χ3v) is 7.20. The summed E-state index contributed by atoms with van der Waals surface area (Å²) in [6.45, 7) is 2.17. The average molecular weight is 600 g/mol. The Kier molecular flexibility index (Phi) is 9.89. The Balaban J connectivity index is 1.25. The highest BCUT2D eigenvalue weighted by Gasteiger charge is 2.32. The molecule has 42 heavy (non-hydrogen) atoms. The third-order valence-electron chi connectivity index (χ3n) is 6.28. The summed E-state index contributed by atoms with van der Waals surface area (Å²) >= 11 is 1.20. The van der Waals surface area contributed by atoms with Gasteiger partial charge in [0, 0.05) is 19.4 Å². The van der Waals surface area contributed by atoms with Crippen LogP contribution in [-0.2, 0) is 28.9 Å². The summed E-state index contributed by atoms with van der Waals surface area (Å²) in [4.78, 5) is 43.0. The van der Waals surface area contributed by atoms with Crippen molar-refractivity contribution in [3.63, 3.8) is 0 Å². The van der Waals surface area contributed by atoms with E-state index in [4.69, 9.17) is 4.74 Å². The van der Waals surface area contributed by atoms with Crippen molar-refractivity contribution in [3.8, 4) is 11.5 Å². The van der Waals surface area contributed by atoms with Crippen molar-refractivity contribution in [2.75, 3.05) is 24.3 Å². The second kappa shape index (κ2) is 13.6. The van der Waals surface area contributed by atoms with Crippen LogP contribution in [0.25, 0.3) is 0 Å². The van der Waals surface area contributed by atoms with Crippen LogP contribution in [0.4, 0.5) is 23.7 Å². The first-order valence-electron chi connectivity index (χ1n) is 12.9. The molecule has 3 amide bonds. The number of thioether (sulfide) groups is 1. The molecule has 1 aliphatic heterocycles. The lowest BCUT2D eigenvalue weighted by Gasteiger charge is -2.18. The largest absolute Gasteiger partial charge is 0.573 e. The molecule has 1 fully saturated rings. The van der Waals surface area contributed by atoms with E-state index in [2.05, 4.69) is 15.0 Å². The molecule has 1 N–H and O–H groups in total. The van der Waals surface area contributed by atoms with Crippen LogP contribution in [0, 0.1) is 6.92 Å². The van der Waals surface area contributed by atoms with Gasteiger partial charge in [0.1, 0.15) is 17.3 Å². The molecular weight excluding hydrogens is 571 g/mol. The van der Waals surface area contributed by atoms with Crippen molar-refractivity contribution in [3.05, 3.63) is 89.0 Å². The Hall–Kier alpha value is -4.32. The number of carbonyl (C=O) groups excluding carboxylic acids is 3. The lowest BCUT2D eigenvalue weighted by atomic mass is 10.0. The second-order valence-corrected chi connectivity index (χ2v) is 10.4. The molecule has 0 saturated carbocycles. The van der Waals surface area contributed by atoms with Crippen LogP contribution >= 0.6 is 11.8 Å². The predicted molar refractivity (Wildman–Crippen MR) is 154 cm³/mol. The van der Waals surface area contributed by atoms with Crippen molar-refractivity contribution in [1.29, 1.82) is 0 Å². The number of ketones is 1. The number of alkyl halides is 3. The Bertz CT molecular complexity index is 1480. The van der Waals surface area contributed by atoms with Gasteiger partial charge >= 0.3 is 12.4 Å². The molecule has 8 nitrogen and oxygen atoms in total. The summed E-state index contributed by atoms with van der Waals surface area (Å²) in [7, 11) is 1.56. The topological polar surface area (TPSA) is 97.3 Å². The maximum Gasteiger partial charge on any atom is 0.573 e. The van der Waals surface area contributed by atoms with Crippen molar-refractivity contribution in [2.24, 2.45) is 4.99 Å². The summed E-state index contributed by atoms with van der Waals surface area (Å²) in [5.41, 5.74) is 3.79. The van der Waals surface area contributed by atoms with Crippen molar-refractivity contribution >= 4 is 40.3 Å². The lowest BCUT2D eigenvalue weighted by molar-refractivity contribution is -0.274. The molecule has 0 bridgehead atoms. The molecule has 0 spiro atoms. The number of benzene rings is 3. The zero-order valence-electron chi connectivity index (χ0n) is 22.9. The van der Waals surface area contributed by atoms with Gasteiger partial charge in [-0.2, -0.15) is 4.99 Å². The number of urea groups is 1. The smallest absolute Gasteiger partial charge is 0.497 e. The van der Waals surface area contributed by atoms with Crippen LogP contribution in [0.15, 0.2) is 71.7 Å². The Morgan fingerprint density at radius 1 is 0.952 bits per heavy atom. The van der Waals surface area contributed by atoms with Crippen molar-refractivity contribution in [1.82, 2.24) is 5.32 Å². The number of anilines is 1. The molecule has 3 aromatic rings. The summed E-state index contributed by atoms with van der Waals surface area (Å²) < 4.78 is 45.9. The van der Waals surface area contributed by atoms with E-state index in [9.17, 15) is 27.6 Å². The normalized spacial score (nSPS) is 14.3. The maximum atomic E-state index is 12.5. The zero-order chi connectivity index (χ0) is 30.3. The number of hydrogen-bond acceptors (Lipinski definition) is 6. The number of amides is 3. The summed E-state index contributed by atoms with van der Waals surface area (Å²) in [5, 5.41) is 3.06. The van der Waals surface area contributed by atoms with E-state index in [1.54, 1.807) is 19.2 Å². The van der Waals surface area contributed by atoms with Gasteiger partial charge in [-0.3, -0.25) is 14.5 Å². The summed E-state index contributed by atoms with van der Waals surface area (Å²) in [5.74, 6) is 0.275. The predicted octanol–water partition coefficient (Wildman–Crippen LogP) is 5.64. The number of aliphatic imine (C=N–C) groups is 1. The van der Waals surface area contributed by atoms with Crippen molar-refractivity contribution in [2.45, 2.75) is 32.5 Å². The highest BCUT2D eigenvalue weighted by molar-refractivity contribution is 8.15. The third kappa shape index (κ3) is 8.59. The fourth-order valence-corrected chi connectivity index (χ4v) is 5.14. The molecular formula is C30H28F3N3O5S. The monoisotopic (exact) mass is 599 g/mol. The van der Waals surface area contributed by atoms with Crippen LogP contribution in [0.2, 0.25) is 0 Å². The fraction of sp³-hybridized carbons (Fsp3) is 0.267. The number of amidine groups is 1. The SMILES string of the molecule is COc1ccc(N2C(=O)CSC2=NC(=O)NCCc2ccc(CC(=O)Cc3ccc(OC(F)(F)F)cc3)cc2)c(C)c1. The molecule has 4 rings (SSSR count). The highest BCUT2D eigenvalue weighted by Crippen LogP contribution is 2.31. The molecule has 1 heterocycles. The second-order valence-electron chi connectivity index (χ2n) is 9.45. The average Bonchev–Trinajstić information content (AvgIpc) is 3.29. The highest BCUT2D eigenvalue weighted by atomic mass is 32.2. The van der Waals surface area contributed by atoms with Gasteiger partial charge in [0.05, 0.1) is 18.6 Å². The van der Waals surface area contributed by atoms with Gasteiger partial charge in [-0.05, 0) is 65.9 Å². The fourth-order valence-electron chi connectivity index (χ4n) is 4.28. The molecule has 1 saturated heterocycles. The first kappa shape index (κ1) is 30.6. The number of ether oxygens (including phenoxy) is 2. The number of hydrogen-bond donors (Lipinski definition) is 1. The number of aryl methyl sites for hydroxylation is 1. The van der Waals surface area contributed by atoms with E-state index in [0.717, 1.165) is 16.7 Å². The minimum atomic E-state index is -4.76. The molecule has 220 valence electrons. The van der Waals surface area contributed by atoms with E-state index in [-0.39, 0.29) is 36.0 Å². The first-order valence-corrected chi connectivity index (χ1v) is 13.9. The van der Waals surface area contributed by atoms with Gasteiger partial charge in [0.25, 0.3) is 0 Å². The molecule has 0 aromatic heterocycles. The number of nitrogens with zero attached hydrogens (tertiary/aromatic N) is 2. The Morgan fingerprint density at radius 3 is 2.14 bits per heavy atom. The summed E-state index contributed by atoms with van der Waals surface area (Å²) in [6, 6.07) is 17.4. The quantitative estimate of drug-likeness (QED) is 0.324. The Morgan fingerprint density at radius 2 is 1.55 bits per heavy atom. The number of nitrogens with one attached hydrogen (secondary N) is 1. The number of carbonyl (C=O) groups is 3. The van der Waals surface area contributed by atoms with Gasteiger partial charge in [-0.25, -0.2) is 4.79 Å². The first-order chi connectivity index (χ1) is 20.0. The minimum absolute atomic E-state index is 0.0826. The van der Waals surface area contributed by atoms with E-state index in [1.165, 1.54) is 40.9 Å². The van der Waals surface area contributed by atoms with Gasteiger partial charge in [0.2, 0.25) is 5.91 Å². The zero-order valence-corrected chi connectivity index (χ0v) is 23.7. The molecule has 0 unspecified atom stereocenters. The minimum Gasteiger partial charge on any atom is -0.497 e. The number of rotatable bonds is 10. The van der Waals surface area contributed by atoms with Gasteiger partial charge in [-0.15, -0.1) is 13.2 Å². The Labute approximate surface area is 244 Å². The lowest BCUT2D eigenvalue weighted by Crippen LogP contribution is -2.32. The number of halogens is 3. The van der Waals surface area contributed by atoms with E-state index >= 15 is 0 Å². The van der Waals surface area contributed by atoms with Crippen molar-refractivity contribution < 1.29 is 37.0 Å². The standard InChI is InChI=1S/C30H28F3N3O5S/c1-19-15-25(40-2)11-12-26(19)36-27(38)18-42-29(36)35-28(39)34-14-13-20-3-5-21(6-4-20)16-23(37)17-22-7-9-24(10-8-22)41-30(31,32)33/h3-12,15H,13-14,16-18H2,1-2H3,(H,34,39). The maximum absolute atomic E-state index is 12.5. The molecule has 12 heteroatoms. The number of Topliss-reactive ketones (excluding diaryl/α,β-unsaturated/α-hetero) is 1. The molecule has 1 aliphatic rings. The van der Waals surface area contributed by atoms with Crippen LogP contribution in [-0.4, -0.2) is 48.7 Å². The molecule has 0 atom stereocenters. The molecule has 0 aliphatic carbocycles. The summed E-state index contributed by atoms with van der Waals surface area (Å²) in [6.07, 6.45) is -3.97. The number of methoxy groups -OCH3 is 1. The van der Waals surface area contributed by atoms with Gasteiger partial charge < -0.3 is 14.8 Å². The van der Waals surface area contributed by atoms with Crippen LogP contribution in [0.1, 0.15) is 22.3 Å². The van der Waals surface area contributed by atoms with Gasteiger partial charge in [-0.1, -0.05) is 48.2 Å². The van der Waals surface area contributed by atoms with Crippen LogP contribution in [0.3, 0.4) is 0 Å². The molecule has 0 radical (unpaired) electrons. The van der Waals surface area contributed by atoms with Gasteiger partial charge in [0.15, 0.2) is 5.17 Å².